The number of carbonyl (C=O) groups is 1. The minimum absolute atomic E-state index is 0.0729. The third-order valence-corrected chi connectivity index (χ3v) is 6.79. The van der Waals surface area contributed by atoms with Gasteiger partial charge in [0.15, 0.2) is 11.0 Å². The summed E-state index contributed by atoms with van der Waals surface area (Å²) in [6.45, 7) is 4.20. The van der Waals surface area contributed by atoms with Gasteiger partial charge in [0, 0.05) is 17.6 Å². The number of para-hydroxylation sites is 1. The van der Waals surface area contributed by atoms with Crippen LogP contribution in [-0.4, -0.2) is 50.5 Å². The number of halogens is 1. The molecule has 0 aliphatic carbocycles. The van der Waals surface area contributed by atoms with Crippen molar-refractivity contribution in [1.29, 1.82) is 0 Å². The second-order valence-corrected chi connectivity index (χ2v) is 8.98. The molecular weight excluding hydrogens is 427 g/mol. The van der Waals surface area contributed by atoms with Crippen molar-refractivity contribution in [1.82, 2.24) is 19.7 Å². The first-order chi connectivity index (χ1) is 15.5. The maximum atomic E-state index is 14.8. The Kier molecular flexibility index (Phi) is 6.79. The number of likely N-dealkylation sites (tertiary alicyclic amines) is 1. The van der Waals surface area contributed by atoms with Crippen molar-refractivity contribution in [3.63, 3.8) is 0 Å². The monoisotopic (exact) mass is 454 g/mol. The number of thioether (sulfide) groups is 1. The molecule has 4 rings (SSSR count). The number of hydrogen-bond donors (Lipinski definition) is 0. The molecule has 1 aromatic heterocycles. The van der Waals surface area contributed by atoms with Crippen molar-refractivity contribution in [3.8, 4) is 22.8 Å². The van der Waals surface area contributed by atoms with E-state index >= 15 is 0 Å². The molecule has 1 amide bonds. The lowest BCUT2D eigenvalue weighted by molar-refractivity contribution is -0.134. The standard InChI is InChI=1S/C24H27FN4O2S/c1-16-7-6-8-17(2)28(16)22(30)15-32-24-27-26-23(18-11-13-19(31-3)14-12-18)29(24)21-10-5-4-9-20(21)25/h4-5,9-14,16-17H,6-8,15H2,1-3H3/t16-,17-/m0/s1. The fourth-order valence-corrected chi connectivity index (χ4v) is 5.07. The molecule has 0 spiro atoms. The van der Waals surface area contributed by atoms with Gasteiger partial charge in [-0.15, -0.1) is 10.2 Å². The first-order valence-electron chi connectivity index (χ1n) is 10.8. The number of rotatable bonds is 6. The van der Waals surface area contributed by atoms with E-state index in [9.17, 15) is 9.18 Å². The van der Waals surface area contributed by atoms with Gasteiger partial charge in [0.1, 0.15) is 11.6 Å². The molecule has 0 saturated carbocycles. The molecule has 2 atom stereocenters. The van der Waals surface area contributed by atoms with Crippen LogP contribution in [0.5, 0.6) is 5.75 Å². The Balaban J connectivity index is 1.65. The molecule has 6 nitrogen and oxygen atoms in total. The molecule has 0 bridgehead atoms. The van der Waals surface area contributed by atoms with Gasteiger partial charge >= 0.3 is 0 Å². The third-order valence-electron chi connectivity index (χ3n) is 5.88. The molecule has 0 unspecified atom stereocenters. The zero-order valence-corrected chi connectivity index (χ0v) is 19.3. The average molecular weight is 455 g/mol. The second-order valence-electron chi connectivity index (χ2n) is 8.04. The second kappa shape index (κ2) is 9.73. The van der Waals surface area contributed by atoms with E-state index in [4.69, 9.17) is 4.74 Å². The molecule has 1 fully saturated rings. The highest BCUT2D eigenvalue weighted by Crippen LogP contribution is 2.31. The number of methoxy groups -OCH3 is 1. The van der Waals surface area contributed by atoms with Crippen LogP contribution in [0.4, 0.5) is 4.39 Å². The van der Waals surface area contributed by atoms with Crippen LogP contribution in [0.25, 0.3) is 17.1 Å². The van der Waals surface area contributed by atoms with Gasteiger partial charge in [-0.3, -0.25) is 9.36 Å². The van der Waals surface area contributed by atoms with Gasteiger partial charge in [0.05, 0.1) is 18.6 Å². The molecule has 1 saturated heterocycles. The largest absolute Gasteiger partial charge is 0.497 e. The SMILES string of the molecule is COc1ccc(-c2nnc(SCC(=O)N3[C@@H](C)CCC[C@@H]3C)n2-c2ccccc2F)cc1. The van der Waals surface area contributed by atoms with E-state index in [1.807, 2.05) is 29.2 Å². The minimum atomic E-state index is -0.381. The Labute approximate surface area is 191 Å². The molecule has 1 aliphatic heterocycles. The zero-order chi connectivity index (χ0) is 22.7. The molecule has 0 N–H and O–H groups in total. The summed E-state index contributed by atoms with van der Waals surface area (Å²) in [6.07, 6.45) is 3.19. The van der Waals surface area contributed by atoms with Crippen molar-refractivity contribution in [3.05, 3.63) is 54.3 Å². The van der Waals surface area contributed by atoms with Crippen LogP contribution < -0.4 is 4.74 Å². The number of aromatic nitrogens is 3. The number of hydrogen-bond acceptors (Lipinski definition) is 5. The number of ether oxygens (including phenoxy) is 1. The highest BCUT2D eigenvalue weighted by atomic mass is 32.2. The highest BCUT2D eigenvalue weighted by Gasteiger charge is 2.29. The smallest absolute Gasteiger partial charge is 0.233 e. The summed E-state index contributed by atoms with van der Waals surface area (Å²) in [7, 11) is 1.60. The summed E-state index contributed by atoms with van der Waals surface area (Å²) in [5.74, 6) is 1.14. The predicted octanol–water partition coefficient (Wildman–Crippen LogP) is 4.96. The molecule has 168 valence electrons. The quantitative estimate of drug-likeness (QED) is 0.493. The van der Waals surface area contributed by atoms with E-state index in [1.54, 1.807) is 29.9 Å². The van der Waals surface area contributed by atoms with Gasteiger partial charge in [-0.2, -0.15) is 0 Å². The van der Waals surface area contributed by atoms with E-state index in [-0.39, 0.29) is 29.6 Å². The van der Waals surface area contributed by atoms with Gasteiger partial charge in [-0.05, 0) is 69.5 Å². The van der Waals surface area contributed by atoms with Crippen LogP contribution in [0.2, 0.25) is 0 Å². The fourth-order valence-electron chi connectivity index (χ4n) is 4.25. The predicted molar refractivity (Wildman–Crippen MR) is 124 cm³/mol. The number of benzene rings is 2. The summed E-state index contributed by atoms with van der Waals surface area (Å²) in [6, 6.07) is 14.3. The van der Waals surface area contributed by atoms with Crippen LogP contribution in [-0.2, 0) is 4.79 Å². The summed E-state index contributed by atoms with van der Waals surface area (Å²) in [5.41, 5.74) is 1.12. The van der Waals surface area contributed by atoms with Gasteiger partial charge in [-0.1, -0.05) is 23.9 Å². The highest BCUT2D eigenvalue weighted by molar-refractivity contribution is 7.99. The lowest BCUT2D eigenvalue weighted by Crippen LogP contribution is -2.48. The maximum Gasteiger partial charge on any atom is 0.233 e. The van der Waals surface area contributed by atoms with Crippen molar-refractivity contribution in [2.75, 3.05) is 12.9 Å². The summed E-state index contributed by atoms with van der Waals surface area (Å²) in [4.78, 5) is 15.0. The van der Waals surface area contributed by atoms with Gasteiger partial charge in [0.25, 0.3) is 0 Å². The fraction of sp³-hybridized carbons (Fsp3) is 0.375. The average Bonchev–Trinajstić information content (AvgIpc) is 3.21. The van der Waals surface area contributed by atoms with Crippen LogP contribution in [0, 0.1) is 5.82 Å². The number of amides is 1. The van der Waals surface area contributed by atoms with Crippen LogP contribution in [0.3, 0.4) is 0 Å². The van der Waals surface area contributed by atoms with Gasteiger partial charge in [-0.25, -0.2) is 4.39 Å². The van der Waals surface area contributed by atoms with E-state index in [0.717, 1.165) is 30.6 Å². The molecule has 32 heavy (non-hydrogen) atoms. The van der Waals surface area contributed by atoms with Gasteiger partial charge in [0.2, 0.25) is 5.91 Å². The van der Waals surface area contributed by atoms with E-state index < -0.39 is 0 Å². The Bertz CT molecular complexity index is 1080. The lowest BCUT2D eigenvalue weighted by Gasteiger charge is -2.39. The topological polar surface area (TPSA) is 60.3 Å². The Hall–Kier alpha value is -2.87. The van der Waals surface area contributed by atoms with Crippen LogP contribution in [0.1, 0.15) is 33.1 Å². The van der Waals surface area contributed by atoms with Crippen LogP contribution in [0.15, 0.2) is 53.7 Å². The maximum absolute atomic E-state index is 14.8. The Morgan fingerprint density at radius 1 is 1.09 bits per heavy atom. The molecule has 3 aromatic rings. The third kappa shape index (κ3) is 4.50. The van der Waals surface area contributed by atoms with Crippen molar-refractivity contribution in [2.45, 2.75) is 50.4 Å². The van der Waals surface area contributed by atoms with Gasteiger partial charge < -0.3 is 9.64 Å². The molecular formula is C24H27FN4O2S. The first-order valence-corrected chi connectivity index (χ1v) is 11.8. The zero-order valence-electron chi connectivity index (χ0n) is 18.5. The molecule has 1 aliphatic rings. The van der Waals surface area contributed by atoms with E-state index in [0.29, 0.717) is 16.7 Å². The van der Waals surface area contributed by atoms with Crippen molar-refractivity contribution >= 4 is 17.7 Å². The first kappa shape index (κ1) is 22.3. The number of nitrogens with zero attached hydrogens (tertiary/aromatic N) is 4. The summed E-state index contributed by atoms with van der Waals surface area (Å²) in [5, 5.41) is 9.13. The van der Waals surface area contributed by atoms with Crippen molar-refractivity contribution in [2.24, 2.45) is 0 Å². The van der Waals surface area contributed by atoms with E-state index in [1.165, 1.54) is 17.8 Å². The Morgan fingerprint density at radius 2 is 1.78 bits per heavy atom. The number of piperidine rings is 1. The summed E-state index contributed by atoms with van der Waals surface area (Å²) < 4.78 is 21.7. The molecule has 2 heterocycles. The normalized spacial score (nSPS) is 18.6. The number of carbonyl (C=O) groups excluding carboxylic acids is 1. The molecule has 0 radical (unpaired) electrons. The summed E-state index contributed by atoms with van der Waals surface area (Å²) >= 11 is 1.29. The Morgan fingerprint density at radius 3 is 2.44 bits per heavy atom. The minimum Gasteiger partial charge on any atom is -0.497 e. The van der Waals surface area contributed by atoms with Crippen LogP contribution >= 0.6 is 11.8 Å². The molecule has 8 heteroatoms. The lowest BCUT2D eigenvalue weighted by atomic mass is 9.98. The molecule has 2 aromatic carbocycles. The van der Waals surface area contributed by atoms with Crippen molar-refractivity contribution < 1.29 is 13.9 Å². The van der Waals surface area contributed by atoms with E-state index in [2.05, 4.69) is 24.0 Å².